The van der Waals surface area contributed by atoms with Crippen LogP contribution in [0.15, 0.2) is 36.4 Å². The largest absolute Gasteiger partial charge is 0.454 e. The Labute approximate surface area is 229 Å². The predicted octanol–water partition coefficient (Wildman–Crippen LogP) is 3.32. The summed E-state index contributed by atoms with van der Waals surface area (Å²) < 4.78 is 26.1. The number of rotatable bonds is 7. The first-order valence-electron chi connectivity index (χ1n) is 13.5. The van der Waals surface area contributed by atoms with Crippen molar-refractivity contribution in [1.29, 1.82) is 0 Å². The van der Waals surface area contributed by atoms with E-state index in [2.05, 4.69) is 20.4 Å². The van der Waals surface area contributed by atoms with Crippen molar-refractivity contribution >= 4 is 28.5 Å². The van der Waals surface area contributed by atoms with Gasteiger partial charge in [-0.05, 0) is 61.1 Å². The highest BCUT2D eigenvalue weighted by molar-refractivity contribution is 5.92. The fraction of sp³-hybridized carbons (Fsp3) is 0.393. The summed E-state index contributed by atoms with van der Waals surface area (Å²) in [7, 11) is 0. The quantitative estimate of drug-likeness (QED) is 0.233. The van der Waals surface area contributed by atoms with Crippen LogP contribution >= 0.6 is 0 Å². The second kappa shape index (κ2) is 9.58. The minimum absolute atomic E-state index is 0.0587. The van der Waals surface area contributed by atoms with Gasteiger partial charge in [0, 0.05) is 29.9 Å². The first-order valence-corrected chi connectivity index (χ1v) is 13.5. The summed E-state index contributed by atoms with van der Waals surface area (Å²) in [5.41, 5.74) is 8.94. The van der Waals surface area contributed by atoms with E-state index < -0.39 is 24.1 Å². The number of aromatic nitrogens is 4. The summed E-state index contributed by atoms with van der Waals surface area (Å²) in [5, 5.41) is 30.3. The van der Waals surface area contributed by atoms with Crippen LogP contribution in [0.2, 0.25) is 0 Å². The maximum atomic E-state index is 15.1. The zero-order valence-corrected chi connectivity index (χ0v) is 21.7. The van der Waals surface area contributed by atoms with Gasteiger partial charge in [0.05, 0.1) is 17.8 Å². The minimum Gasteiger partial charge on any atom is -0.454 e. The van der Waals surface area contributed by atoms with Gasteiger partial charge in [0.25, 0.3) is 0 Å². The number of nitrogens with zero attached hydrogens (tertiary/aromatic N) is 4. The highest BCUT2D eigenvalue weighted by atomic mass is 19.1. The van der Waals surface area contributed by atoms with Crippen LogP contribution < -0.4 is 25.4 Å². The van der Waals surface area contributed by atoms with Crippen molar-refractivity contribution in [2.45, 2.75) is 43.2 Å². The van der Waals surface area contributed by atoms with E-state index in [1.54, 1.807) is 18.2 Å². The van der Waals surface area contributed by atoms with E-state index in [1.807, 2.05) is 18.2 Å². The lowest BCUT2D eigenvalue weighted by molar-refractivity contribution is 0.0957. The molecule has 4 heterocycles. The Kier molecular flexibility index (Phi) is 5.99. The zero-order valence-electron chi connectivity index (χ0n) is 21.7. The zero-order chi connectivity index (χ0) is 27.4. The first-order chi connectivity index (χ1) is 19.4. The molecule has 3 aliphatic rings. The molecule has 1 aliphatic carbocycles. The Hall–Kier alpha value is -4.00. The number of aliphatic hydroxyl groups is 2. The Balaban J connectivity index is 1.19. The number of anilines is 3. The smallest absolute Gasteiger partial charge is 0.231 e. The molecule has 2 aliphatic heterocycles. The SMILES string of the molecule is NC1(c2ccc3c(c2)OCO3)CCN(c2nc(Nc3n[nH]c(C4CC4)c3F)c3cc(C(O)CO)ccc3n2)CC1. The average Bonchev–Trinajstić information content (AvgIpc) is 3.60. The standard InChI is InChI=1S/C28H30FN7O4/c29-23-24(15-1-2-15)34-35-26(23)32-25-18-11-16(20(38)13-37)3-5-19(18)31-27(33-25)36-9-7-28(30,8-10-36)17-4-6-21-22(12-17)40-14-39-21/h3-6,11-12,15,20,37-38H,1-2,7-10,13-14,30H2,(H2,31,32,33,34,35). The number of hydrogen-bond donors (Lipinski definition) is 5. The number of benzene rings is 2. The van der Waals surface area contributed by atoms with Gasteiger partial charge in [0.2, 0.25) is 12.7 Å². The summed E-state index contributed by atoms with van der Waals surface area (Å²) in [6.45, 7) is 1.01. The van der Waals surface area contributed by atoms with Crippen molar-refractivity contribution in [3.8, 4) is 11.5 Å². The van der Waals surface area contributed by atoms with Gasteiger partial charge in [-0.25, -0.2) is 9.37 Å². The molecule has 2 aromatic carbocycles. The van der Waals surface area contributed by atoms with Gasteiger partial charge >= 0.3 is 0 Å². The van der Waals surface area contributed by atoms with Crippen LogP contribution in [0.5, 0.6) is 11.5 Å². The fourth-order valence-corrected chi connectivity index (χ4v) is 5.46. The normalized spacial score (nSPS) is 18.8. The number of ether oxygens (including phenoxy) is 2. The van der Waals surface area contributed by atoms with Gasteiger partial charge in [0.15, 0.2) is 23.1 Å². The molecular formula is C28H30FN7O4. The number of hydrogen-bond acceptors (Lipinski definition) is 10. The van der Waals surface area contributed by atoms with Crippen molar-refractivity contribution in [3.63, 3.8) is 0 Å². The van der Waals surface area contributed by atoms with Crippen molar-refractivity contribution < 1.29 is 24.1 Å². The Morgan fingerprint density at radius 3 is 2.67 bits per heavy atom. The van der Waals surface area contributed by atoms with E-state index in [0.29, 0.717) is 65.6 Å². The van der Waals surface area contributed by atoms with E-state index in [9.17, 15) is 10.2 Å². The molecule has 2 fully saturated rings. The van der Waals surface area contributed by atoms with E-state index in [4.69, 9.17) is 25.2 Å². The number of nitrogens with two attached hydrogens (primary N) is 1. The molecule has 7 rings (SSSR count). The van der Waals surface area contributed by atoms with Gasteiger partial charge in [-0.1, -0.05) is 12.1 Å². The van der Waals surface area contributed by atoms with Gasteiger partial charge < -0.3 is 35.6 Å². The lowest BCUT2D eigenvalue weighted by atomic mass is 9.82. The molecule has 0 spiro atoms. The second-order valence-electron chi connectivity index (χ2n) is 10.8. The Bertz CT molecular complexity index is 1580. The highest BCUT2D eigenvalue weighted by Gasteiger charge is 2.35. The molecule has 1 atom stereocenters. The predicted molar refractivity (Wildman–Crippen MR) is 145 cm³/mol. The molecule has 1 saturated carbocycles. The molecule has 4 aromatic rings. The van der Waals surface area contributed by atoms with Crippen molar-refractivity contribution in [2.24, 2.45) is 5.73 Å². The van der Waals surface area contributed by atoms with E-state index in [-0.39, 0.29) is 18.5 Å². The lowest BCUT2D eigenvalue weighted by Gasteiger charge is -2.39. The second-order valence-corrected chi connectivity index (χ2v) is 10.8. The monoisotopic (exact) mass is 547 g/mol. The summed E-state index contributed by atoms with van der Waals surface area (Å²) in [6, 6.07) is 11.0. The molecule has 6 N–H and O–H groups in total. The highest BCUT2D eigenvalue weighted by Crippen LogP contribution is 2.42. The number of H-pyrrole nitrogens is 1. The first kappa shape index (κ1) is 25.0. The maximum Gasteiger partial charge on any atom is 0.231 e. The molecule has 12 heteroatoms. The van der Waals surface area contributed by atoms with Gasteiger partial charge in [-0.15, -0.1) is 0 Å². The molecule has 1 unspecified atom stereocenters. The van der Waals surface area contributed by atoms with Crippen LogP contribution in [0.25, 0.3) is 10.9 Å². The van der Waals surface area contributed by atoms with Crippen molar-refractivity contribution in [2.75, 3.05) is 36.7 Å². The van der Waals surface area contributed by atoms with Gasteiger partial charge in [-0.2, -0.15) is 10.1 Å². The maximum absolute atomic E-state index is 15.1. The topological polar surface area (TPSA) is 155 Å². The Morgan fingerprint density at radius 1 is 1.10 bits per heavy atom. The van der Waals surface area contributed by atoms with Crippen LogP contribution in [-0.4, -0.2) is 56.9 Å². The van der Waals surface area contributed by atoms with E-state index in [0.717, 1.165) is 24.2 Å². The lowest BCUT2D eigenvalue weighted by Crippen LogP contribution is -2.48. The number of fused-ring (bicyclic) bond motifs is 2. The number of aliphatic hydroxyl groups excluding tert-OH is 2. The third kappa shape index (κ3) is 4.37. The van der Waals surface area contributed by atoms with Crippen LogP contribution in [-0.2, 0) is 5.54 Å². The van der Waals surface area contributed by atoms with Gasteiger partial charge in [-0.3, -0.25) is 5.10 Å². The molecule has 2 aromatic heterocycles. The molecule has 11 nitrogen and oxygen atoms in total. The molecule has 0 amide bonds. The molecular weight excluding hydrogens is 517 g/mol. The van der Waals surface area contributed by atoms with Crippen molar-refractivity contribution in [3.05, 3.63) is 59.0 Å². The molecule has 1 saturated heterocycles. The minimum atomic E-state index is -1.06. The number of halogens is 1. The molecule has 0 radical (unpaired) electrons. The van der Waals surface area contributed by atoms with E-state index >= 15 is 4.39 Å². The Morgan fingerprint density at radius 2 is 1.90 bits per heavy atom. The molecule has 208 valence electrons. The van der Waals surface area contributed by atoms with Gasteiger partial charge in [0.1, 0.15) is 11.9 Å². The van der Waals surface area contributed by atoms with E-state index in [1.165, 1.54) is 0 Å². The molecule has 40 heavy (non-hydrogen) atoms. The van der Waals surface area contributed by atoms with Crippen LogP contribution in [0.4, 0.5) is 22.0 Å². The summed E-state index contributed by atoms with van der Waals surface area (Å²) in [4.78, 5) is 11.6. The van der Waals surface area contributed by atoms with Crippen LogP contribution in [0.3, 0.4) is 0 Å². The summed E-state index contributed by atoms with van der Waals surface area (Å²) in [6.07, 6.45) is 2.14. The van der Waals surface area contributed by atoms with Crippen molar-refractivity contribution in [1.82, 2.24) is 20.2 Å². The summed E-state index contributed by atoms with van der Waals surface area (Å²) in [5.74, 6) is 2.08. The third-order valence-corrected chi connectivity index (χ3v) is 8.11. The number of aromatic amines is 1. The third-order valence-electron chi connectivity index (χ3n) is 8.11. The number of nitrogens with one attached hydrogen (secondary N) is 2. The molecule has 0 bridgehead atoms. The van der Waals surface area contributed by atoms with Crippen LogP contribution in [0.1, 0.15) is 54.5 Å². The number of piperidine rings is 1. The summed E-state index contributed by atoms with van der Waals surface area (Å²) >= 11 is 0. The average molecular weight is 548 g/mol. The van der Waals surface area contributed by atoms with Crippen LogP contribution in [0, 0.1) is 5.82 Å². The fourth-order valence-electron chi connectivity index (χ4n) is 5.46.